The van der Waals surface area contributed by atoms with E-state index in [1.165, 1.54) is 0 Å². The molecule has 0 unspecified atom stereocenters. The molecule has 2 atom stereocenters. The van der Waals surface area contributed by atoms with Crippen LogP contribution in [0.4, 0.5) is 0 Å². The van der Waals surface area contributed by atoms with Crippen molar-refractivity contribution in [3.63, 3.8) is 0 Å². The first-order chi connectivity index (χ1) is 9.06. The number of amides is 1. The zero-order valence-corrected chi connectivity index (χ0v) is 11.7. The molecule has 0 radical (unpaired) electrons. The number of rotatable bonds is 4. The maximum absolute atomic E-state index is 11.9. The highest BCUT2D eigenvalue weighted by molar-refractivity contribution is 5.76. The highest BCUT2D eigenvalue weighted by Crippen LogP contribution is 2.18. The second-order valence-corrected chi connectivity index (χ2v) is 5.43. The summed E-state index contributed by atoms with van der Waals surface area (Å²) >= 11 is 0. The van der Waals surface area contributed by atoms with E-state index in [0.29, 0.717) is 13.0 Å². The number of nitrogens with one attached hydrogen (secondary N) is 1. The minimum Gasteiger partial charge on any atom is -0.391 e. The van der Waals surface area contributed by atoms with Crippen LogP contribution < -0.4 is 5.32 Å². The molecular weight excluding hydrogens is 242 g/mol. The molecule has 0 spiro atoms. The molecule has 106 valence electrons. The van der Waals surface area contributed by atoms with Crippen LogP contribution in [0.2, 0.25) is 0 Å². The molecule has 1 aromatic heterocycles. The van der Waals surface area contributed by atoms with Crippen molar-refractivity contribution in [2.24, 2.45) is 0 Å². The van der Waals surface area contributed by atoms with Crippen LogP contribution >= 0.6 is 0 Å². The molecule has 5 heteroatoms. The molecule has 19 heavy (non-hydrogen) atoms. The van der Waals surface area contributed by atoms with Crippen LogP contribution in [0, 0.1) is 13.8 Å². The van der Waals surface area contributed by atoms with Crippen LogP contribution in [0.5, 0.6) is 0 Å². The van der Waals surface area contributed by atoms with Crippen LogP contribution in [-0.2, 0) is 11.3 Å². The van der Waals surface area contributed by atoms with Crippen molar-refractivity contribution in [2.45, 2.75) is 64.6 Å². The number of hydrogen-bond acceptors (Lipinski definition) is 3. The molecule has 1 heterocycles. The average molecular weight is 265 g/mol. The lowest BCUT2D eigenvalue weighted by atomic mass is 9.92. The van der Waals surface area contributed by atoms with Crippen LogP contribution in [0.15, 0.2) is 6.07 Å². The van der Waals surface area contributed by atoms with Crippen LogP contribution in [0.25, 0.3) is 0 Å². The van der Waals surface area contributed by atoms with Crippen LogP contribution in [-0.4, -0.2) is 32.9 Å². The number of aliphatic hydroxyl groups is 1. The van der Waals surface area contributed by atoms with Gasteiger partial charge < -0.3 is 10.4 Å². The Hall–Kier alpha value is -1.36. The molecule has 1 fully saturated rings. The molecule has 1 aromatic rings. The number of aliphatic hydroxyl groups excluding tert-OH is 1. The Bertz CT molecular complexity index is 442. The highest BCUT2D eigenvalue weighted by Gasteiger charge is 2.24. The summed E-state index contributed by atoms with van der Waals surface area (Å²) in [6.45, 7) is 4.53. The lowest BCUT2D eigenvalue weighted by Gasteiger charge is -2.28. The Labute approximate surface area is 114 Å². The average Bonchev–Trinajstić information content (AvgIpc) is 2.68. The number of nitrogens with zero attached hydrogens (tertiary/aromatic N) is 2. The smallest absolute Gasteiger partial charge is 0.222 e. The van der Waals surface area contributed by atoms with Gasteiger partial charge in [0.15, 0.2) is 0 Å². The third kappa shape index (κ3) is 3.80. The first-order valence-corrected chi connectivity index (χ1v) is 7.05. The number of aryl methyl sites for hydroxylation is 3. The summed E-state index contributed by atoms with van der Waals surface area (Å²) in [7, 11) is 0. The van der Waals surface area contributed by atoms with Gasteiger partial charge in [0.05, 0.1) is 17.8 Å². The van der Waals surface area contributed by atoms with Crippen molar-refractivity contribution in [3.8, 4) is 0 Å². The fourth-order valence-corrected chi connectivity index (χ4v) is 2.67. The van der Waals surface area contributed by atoms with Gasteiger partial charge in [-0.15, -0.1) is 0 Å². The molecule has 0 aliphatic heterocycles. The Kier molecular flexibility index (Phi) is 4.58. The molecule has 1 aliphatic carbocycles. The van der Waals surface area contributed by atoms with Crippen molar-refractivity contribution in [3.05, 3.63) is 17.5 Å². The maximum atomic E-state index is 11.9. The predicted molar refractivity (Wildman–Crippen MR) is 72.7 cm³/mol. The van der Waals surface area contributed by atoms with Gasteiger partial charge in [-0.05, 0) is 32.8 Å². The van der Waals surface area contributed by atoms with Gasteiger partial charge in [0.1, 0.15) is 0 Å². The van der Waals surface area contributed by atoms with Crippen LogP contribution in [0.3, 0.4) is 0 Å². The summed E-state index contributed by atoms with van der Waals surface area (Å²) in [5.41, 5.74) is 2.05. The number of hydrogen-bond donors (Lipinski definition) is 2. The SMILES string of the molecule is Cc1cc(C)n(CCC(=O)N[C@@H]2CCCC[C@H]2O)n1. The Morgan fingerprint density at radius 3 is 2.84 bits per heavy atom. The Morgan fingerprint density at radius 2 is 2.21 bits per heavy atom. The van der Waals surface area contributed by atoms with Crippen molar-refractivity contribution < 1.29 is 9.90 Å². The van der Waals surface area contributed by atoms with E-state index >= 15 is 0 Å². The topological polar surface area (TPSA) is 67.2 Å². The second kappa shape index (κ2) is 6.19. The largest absolute Gasteiger partial charge is 0.391 e. The van der Waals surface area contributed by atoms with Gasteiger partial charge >= 0.3 is 0 Å². The standard InChI is InChI=1S/C14H23N3O2/c1-10-9-11(2)17(16-10)8-7-14(19)15-12-5-3-4-6-13(12)18/h9,12-13,18H,3-8H2,1-2H3,(H,15,19)/t12-,13-/m1/s1. The van der Waals surface area contributed by atoms with E-state index in [-0.39, 0.29) is 18.1 Å². The maximum Gasteiger partial charge on any atom is 0.222 e. The first-order valence-electron chi connectivity index (χ1n) is 7.05. The molecule has 1 aliphatic rings. The van der Waals surface area contributed by atoms with Crippen molar-refractivity contribution in [2.75, 3.05) is 0 Å². The van der Waals surface area contributed by atoms with Gasteiger partial charge in [-0.25, -0.2) is 0 Å². The quantitative estimate of drug-likeness (QED) is 0.862. The van der Waals surface area contributed by atoms with Gasteiger partial charge in [0, 0.05) is 18.7 Å². The van der Waals surface area contributed by atoms with E-state index in [1.54, 1.807) is 0 Å². The van der Waals surface area contributed by atoms with Gasteiger partial charge in [-0.2, -0.15) is 5.10 Å². The first kappa shape index (κ1) is 14.1. The zero-order chi connectivity index (χ0) is 13.8. The Balaban J connectivity index is 1.79. The third-order valence-corrected chi connectivity index (χ3v) is 3.73. The molecule has 0 bridgehead atoms. The molecule has 0 aromatic carbocycles. The van der Waals surface area contributed by atoms with Crippen molar-refractivity contribution >= 4 is 5.91 Å². The van der Waals surface area contributed by atoms with E-state index in [0.717, 1.165) is 37.1 Å². The molecule has 1 saturated carbocycles. The van der Waals surface area contributed by atoms with E-state index in [1.807, 2.05) is 24.6 Å². The van der Waals surface area contributed by atoms with E-state index in [9.17, 15) is 9.90 Å². The van der Waals surface area contributed by atoms with E-state index in [4.69, 9.17) is 0 Å². The van der Waals surface area contributed by atoms with Crippen molar-refractivity contribution in [1.82, 2.24) is 15.1 Å². The molecule has 2 N–H and O–H groups in total. The summed E-state index contributed by atoms with van der Waals surface area (Å²) in [6.07, 6.45) is 3.84. The molecule has 1 amide bonds. The minimum absolute atomic E-state index is 0.00139. The Morgan fingerprint density at radius 1 is 1.47 bits per heavy atom. The molecule has 5 nitrogen and oxygen atoms in total. The third-order valence-electron chi connectivity index (χ3n) is 3.73. The lowest BCUT2D eigenvalue weighted by Crippen LogP contribution is -2.45. The zero-order valence-electron chi connectivity index (χ0n) is 11.7. The second-order valence-electron chi connectivity index (χ2n) is 5.43. The van der Waals surface area contributed by atoms with Gasteiger partial charge in [0.2, 0.25) is 5.91 Å². The monoisotopic (exact) mass is 265 g/mol. The van der Waals surface area contributed by atoms with Crippen LogP contribution in [0.1, 0.15) is 43.5 Å². The summed E-state index contributed by atoms with van der Waals surface area (Å²) in [5.74, 6) is -0.00139. The minimum atomic E-state index is -0.383. The highest BCUT2D eigenvalue weighted by atomic mass is 16.3. The normalized spacial score (nSPS) is 23.3. The van der Waals surface area contributed by atoms with Crippen molar-refractivity contribution in [1.29, 1.82) is 0 Å². The predicted octanol–water partition coefficient (Wildman–Crippen LogP) is 1.31. The fourth-order valence-electron chi connectivity index (χ4n) is 2.67. The molecular formula is C14H23N3O2. The molecule has 2 rings (SSSR count). The van der Waals surface area contributed by atoms with Gasteiger partial charge in [-0.1, -0.05) is 12.8 Å². The van der Waals surface area contributed by atoms with Gasteiger partial charge in [-0.3, -0.25) is 9.48 Å². The summed E-state index contributed by atoms with van der Waals surface area (Å²) in [5, 5.41) is 17.1. The summed E-state index contributed by atoms with van der Waals surface area (Å²) in [6, 6.07) is 1.93. The van der Waals surface area contributed by atoms with Gasteiger partial charge in [0.25, 0.3) is 0 Å². The fraction of sp³-hybridized carbons (Fsp3) is 0.714. The summed E-state index contributed by atoms with van der Waals surface area (Å²) in [4.78, 5) is 11.9. The number of carbonyl (C=O) groups is 1. The number of aromatic nitrogens is 2. The molecule has 0 saturated heterocycles. The van der Waals surface area contributed by atoms with E-state index in [2.05, 4.69) is 10.4 Å². The lowest BCUT2D eigenvalue weighted by molar-refractivity contribution is -0.123. The number of carbonyl (C=O) groups excluding carboxylic acids is 1. The van der Waals surface area contributed by atoms with E-state index < -0.39 is 0 Å². The summed E-state index contributed by atoms with van der Waals surface area (Å²) < 4.78 is 1.85.